The summed E-state index contributed by atoms with van der Waals surface area (Å²) in [5.41, 5.74) is 0. The van der Waals surface area contributed by atoms with Gasteiger partial charge in [-0.15, -0.1) is 0 Å². The number of rotatable bonds is 5. The van der Waals surface area contributed by atoms with Gasteiger partial charge in [-0.1, -0.05) is 27.2 Å². The van der Waals surface area contributed by atoms with Gasteiger partial charge in [-0.05, 0) is 25.7 Å². The number of carbonyl (C=O) groups is 2. The number of hydrogen-bond donors (Lipinski definition) is 1. The predicted octanol–water partition coefficient (Wildman–Crippen LogP) is 2.41. The van der Waals surface area contributed by atoms with E-state index in [-0.39, 0.29) is 24.0 Å². The van der Waals surface area contributed by atoms with E-state index >= 15 is 0 Å². The van der Waals surface area contributed by atoms with Crippen LogP contribution in [0.3, 0.4) is 0 Å². The third-order valence-electron chi connectivity index (χ3n) is 3.63. The number of amides is 2. The van der Waals surface area contributed by atoms with Gasteiger partial charge in [-0.25, -0.2) is 4.79 Å². The van der Waals surface area contributed by atoms with Gasteiger partial charge < -0.3 is 15.0 Å². The summed E-state index contributed by atoms with van der Waals surface area (Å²) in [6, 6.07) is 0.0413. The first kappa shape index (κ1) is 16.8. The maximum absolute atomic E-state index is 11.9. The summed E-state index contributed by atoms with van der Waals surface area (Å²) in [7, 11) is 0. The average Bonchev–Trinajstić information content (AvgIpc) is 2.39. The molecule has 1 N–H and O–H groups in total. The molecular formula is C15H28N2O3. The number of nitrogens with one attached hydrogen (secondary N) is 1. The van der Waals surface area contributed by atoms with Crippen LogP contribution < -0.4 is 5.32 Å². The highest BCUT2D eigenvalue weighted by atomic mass is 16.6. The Labute approximate surface area is 122 Å². The Morgan fingerprint density at radius 2 is 2.00 bits per heavy atom. The Balaban J connectivity index is 2.64. The van der Waals surface area contributed by atoms with Gasteiger partial charge in [0.1, 0.15) is 0 Å². The van der Waals surface area contributed by atoms with Crippen LogP contribution in [-0.4, -0.2) is 42.6 Å². The summed E-state index contributed by atoms with van der Waals surface area (Å²) >= 11 is 0. The molecule has 1 saturated heterocycles. The highest BCUT2D eigenvalue weighted by Gasteiger charge is 2.31. The van der Waals surface area contributed by atoms with Crippen LogP contribution in [0, 0.1) is 11.8 Å². The van der Waals surface area contributed by atoms with Crippen molar-refractivity contribution in [2.45, 2.75) is 53.0 Å². The molecule has 1 rings (SSSR count). The van der Waals surface area contributed by atoms with E-state index in [2.05, 4.69) is 12.2 Å². The highest BCUT2D eigenvalue weighted by molar-refractivity contribution is 5.78. The zero-order chi connectivity index (χ0) is 15.1. The number of piperidine rings is 1. The van der Waals surface area contributed by atoms with Crippen molar-refractivity contribution in [3.63, 3.8) is 0 Å². The second kappa shape index (κ2) is 8.12. The molecule has 2 amide bonds. The molecule has 2 unspecified atom stereocenters. The molecule has 0 saturated carbocycles. The molecule has 116 valence electrons. The van der Waals surface area contributed by atoms with Crippen molar-refractivity contribution >= 4 is 12.0 Å². The van der Waals surface area contributed by atoms with Crippen LogP contribution in [0.2, 0.25) is 0 Å². The quantitative estimate of drug-likeness (QED) is 0.843. The molecule has 5 heteroatoms. The van der Waals surface area contributed by atoms with E-state index in [4.69, 9.17) is 4.74 Å². The fourth-order valence-electron chi connectivity index (χ4n) is 2.66. The van der Waals surface area contributed by atoms with E-state index < -0.39 is 0 Å². The van der Waals surface area contributed by atoms with Crippen LogP contribution in [0.5, 0.6) is 0 Å². The molecule has 1 aliphatic heterocycles. The number of nitrogens with zero attached hydrogens (tertiary/aromatic N) is 1. The SMILES string of the molecule is CCCC1CC(NC(=O)C(C)C)CN(C(=O)OCC)C1. The molecule has 0 aromatic carbocycles. The Hall–Kier alpha value is -1.26. The minimum absolute atomic E-state index is 0.0300. The molecule has 0 spiro atoms. The lowest BCUT2D eigenvalue weighted by molar-refractivity contribution is -0.125. The van der Waals surface area contributed by atoms with Crippen LogP contribution in [0.25, 0.3) is 0 Å². The maximum atomic E-state index is 11.9. The predicted molar refractivity (Wildman–Crippen MR) is 78.4 cm³/mol. The average molecular weight is 284 g/mol. The van der Waals surface area contributed by atoms with Crippen LogP contribution in [0.1, 0.15) is 47.0 Å². The van der Waals surface area contributed by atoms with Crippen molar-refractivity contribution in [2.75, 3.05) is 19.7 Å². The topological polar surface area (TPSA) is 58.6 Å². The van der Waals surface area contributed by atoms with Gasteiger partial charge in [0.2, 0.25) is 5.91 Å². The highest BCUT2D eigenvalue weighted by Crippen LogP contribution is 2.22. The monoisotopic (exact) mass is 284 g/mol. The van der Waals surface area contributed by atoms with Crippen molar-refractivity contribution in [2.24, 2.45) is 11.8 Å². The van der Waals surface area contributed by atoms with Gasteiger partial charge >= 0.3 is 6.09 Å². The van der Waals surface area contributed by atoms with Crippen LogP contribution >= 0.6 is 0 Å². The number of hydrogen-bond acceptors (Lipinski definition) is 3. The smallest absolute Gasteiger partial charge is 0.409 e. The fourth-order valence-corrected chi connectivity index (χ4v) is 2.66. The number of ether oxygens (including phenoxy) is 1. The minimum Gasteiger partial charge on any atom is -0.450 e. The van der Waals surface area contributed by atoms with Crippen LogP contribution in [-0.2, 0) is 9.53 Å². The minimum atomic E-state index is -0.267. The summed E-state index contributed by atoms with van der Waals surface area (Å²) in [4.78, 5) is 25.5. The van der Waals surface area contributed by atoms with E-state index in [9.17, 15) is 9.59 Å². The molecule has 0 bridgehead atoms. The normalized spacial score (nSPS) is 22.8. The van der Waals surface area contributed by atoms with Gasteiger partial charge in [0.05, 0.1) is 6.61 Å². The fraction of sp³-hybridized carbons (Fsp3) is 0.867. The van der Waals surface area contributed by atoms with E-state index in [0.717, 1.165) is 25.8 Å². The summed E-state index contributed by atoms with van der Waals surface area (Å²) < 4.78 is 5.08. The molecule has 0 radical (unpaired) electrons. The Morgan fingerprint density at radius 1 is 1.30 bits per heavy atom. The first-order valence-electron chi connectivity index (χ1n) is 7.69. The van der Waals surface area contributed by atoms with Gasteiger partial charge in [0, 0.05) is 25.0 Å². The largest absolute Gasteiger partial charge is 0.450 e. The molecule has 0 aliphatic carbocycles. The lowest BCUT2D eigenvalue weighted by atomic mass is 9.90. The summed E-state index contributed by atoms with van der Waals surface area (Å²) in [6.45, 7) is 9.39. The summed E-state index contributed by atoms with van der Waals surface area (Å²) in [5.74, 6) is 0.462. The van der Waals surface area contributed by atoms with Gasteiger partial charge in [0.15, 0.2) is 0 Å². The second-order valence-electron chi connectivity index (χ2n) is 5.85. The zero-order valence-corrected chi connectivity index (χ0v) is 13.1. The molecule has 0 aromatic heterocycles. The van der Waals surface area contributed by atoms with Gasteiger partial charge in [0.25, 0.3) is 0 Å². The summed E-state index contributed by atoms with van der Waals surface area (Å²) in [6.07, 6.45) is 2.84. The Morgan fingerprint density at radius 3 is 2.55 bits per heavy atom. The molecule has 20 heavy (non-hydrogen) atoms. The molecule has 0 aromatic rings. The lowest BCUT2D eigenvalue weighted by Gasteiger charge is -2.37. The first-order chi connectivity index (χ1) is 9.47. The maximum Gasteiger partial charge on any atom is 0.409 e. The Kier molecular flexibility index (Phi) is 6.82. The molecule has 1 fully saturated rings. The summed E-state index contributed by atoms with van der Waals surface area (Å²) in [5, 5.41) is 3.05. The number of carbonyl (C=O) groups excluding carboxylic acids is 2. The van der Waals surface area contributed by atoms with Crippen molar-refractivity contribution < 1.29 is 14.3 Å². The van der Waals surface area contributed by atoms with E-state index in [1.165, 1.54) is 0 Å². The van der Waals surface area contributed by atoms with Crippen LogP contribution in [0.15, 0.2) is 0 Å². The van der Waals surface area contributed by atoms with Crippen LogP contribution in [0.4, 0.5) is 4.79 Å². The van der Waals surface area contributed by atoms with Gasteiger partial charge in [-0.2, -0.15) is 0 Å². The van der Waals surface area contributed by atoms with Crippen molar-refractivity contribution in [3.8, 4) is 0 Å². The van der Waals surface area contributed by atoms with E-state index in [1.807, 2.05) is 20.8 Å². The van der Waals surface area contributed by atoms with E-state index in [0.29, 0.717) is 19.1 Å². The zero-order valence-electron chi connectivity index (χ0n) is 13.1. The van der Waals surface area contributed by atoms with Gasteiger partial charge in [-0.3, -0.25) is 4.79 Å². The van der Waals surface area contributed by atoms with Crippen molar-refractivity contribution in [1.29, 1.82) is 0 Å². The van der Waals surface area contributed by atoms with Crippen molar-refractivity contribution in [3.05, 3.63) is 0 Å². The molecule has 1 heterocycles. The molecule has 5 nitrogen and oxygen atoms in total. The Bertz CT molecular complexity index is 331. The molecular weight excluding hydrogens is 256 g/mol. The standard InChI is InChI=1S/C15H28N2O3/c1-5-7-12-8-13(16-14(18)11(3)4)10-17(9-12)15(19)20-6-2/h11-13H,5-10H2,1-4H3,(H,16,18). The number of likely N-dealkylation sites (tertiary alicyclic amines) is 1. The third-order valence-corrected chi connectivity index (χ3v) is 3.63. The second-order valence-corrected chi connectivity index (χ2v) is 5.85. The van der Waals surface area contributed by atoms with E-state index in [1.54, 1.807) is 4.90 Å². The first-order valence-corrected chi connectivity index (χ1v) is 7.69. The van der Waals surface area contributed by atoms with Crippen molar-refractivity contribution in [1.82, 2.24) is 10.2 Å². The lowest BCUT2D eigenvalue weighted by Crippen LogP contribution is -2.53. The third kappa shape index (κ3) is 5.02. The molecule has 1 aliphatic rings. The molecule has 2 atom stereocenters.